The number of aromatic amines is 1. The van der Waals surface area contributed by atoms with E-state index in [0.29, 0.717) is 28.9 Å². The maximum absolute atomic E-state index is 12.8. The van der Waals surface area contributed by atoms with Crippen molar-refractivity contribution in [2.24, 2.45) is 0 Å². The number of ether oxygens (including phenoxy) is 1. The number of fused-ring (bicyclic) bond motifs is 1. The Kier molecular flexibility index (Phi) is 4.98. The highest BCUT2D eigenvalue weighted by atomic mass is 16.5. The van der Waals surface area contributed by atoms with E-state index in [1.165, 1.54) is 0 Å². The molecule has 0 atom stereocenters. The maximum Gasteiger partial charge on any atom is 0.241 e. The van der Waals surface area contributed by atoms with Gasteiger partial charge in [0, 0.05) is 42.5 Å². The summed E-state index contributed by atoms with van der Waals surface area (Å²) in [6, 6.07) is 14.6. The third kappa shape index (κ3) is 3.87. The maximum atomic E-state index is 12.8. The molecule has 1 N–H and O–H groups in total. The summed E-state index contributed by atoms with van der Waals surface area (Å²) in [6.45, 7) is 8.51. The first-order chi connectivity index (χ1) is 15.4. The molecule has 0 spiro atoms. The number of carbonyl (C=O) groups is 1. The summed E-state index contributed by atoms with van der Waals surface area (Å²) in [5, 5.41) is 0. The van der Waals surface area contributed by atoms with Crippen LogP contribution in [0.25, 0.3) is 11.0 Å². The number of aromatic nitrogens is 4. The van der Waals surface area contributed by atoms with Gasteiger partial charge in [0.15, 0.2) is 5.82 Å². The second kappa shape index (κ2) is 7.84. The van der Waals surface area contributed by atoms with Gasteiger partial charge in [-0.1, -0.05) is 12.1 Å². The van der Waals surface area contributed by atoms with E-state index in [0.717, 1.165) is 29.8 Å². The number of ketones is 1. The standard InChI is InChI=1S/C25H25N5O2/c1-25(2,3)30-14-17(15-30)21-24(27-13-12-26-21)32-18-10-8-16(9-11-18)22(31)23-28-19-6-4-5-7-20(19)29-23/h4-13,17H,14-15H2,1-3H3,(H,28,29). The number of rotatable bonds is 5. The summed E-state index contributed by atoms with van der Waals surface area (Å²) in [7, 11) is 0. The number of carbonyl (C=O) groups excluding carboxylic acids is 1. The van der Waals surface area contributed by atoms with Gasteiger partial charge in [-0.05, 0) is 57.2 Å². The Labute approximate surface area is 186 Å². The minimum absolute atomic E-state index is 0.141. The van der Waals surface area contributed by atoms with Crippen LogP contribution in [0.15, 0.2) is 60.9 Å². The lowest BCUT2D eigenvalue weighted by atomic mass is 9.90. The highest BCUT2D eigenvalue weighted by molar-refractivity contribution is 6.08. The summed E-state index contributed by atoms with van der Waals surface area (Å²) in [4.78, 5) is 31.7. The molecular weight excluding hydrogens is 402 g/mol. The Morgan fingerprint density at radius 2 is 1.75 bits per heavy atom. The zero-order valence-corrected chi connectivity index (χ0v) is 18.4. The minimum atomic E-state index is -0.162. The average molecular weight is 428 g/mol. The van der Waals surface area contributed by atoms with E-state index >= 15 is 0 Å². The quantitative estimate of drug-likeness (QED) is 0.470. The van der Waals surface area contributed by atoms with Gasteiger partial charge in [0.1, 0.15) is 11.4 Å². The number of nitrogens with one attached hydrogen (secondary N) is 1. The van der Waals surface area contributed by atoms with Gasteiger partial charge in [-0.25, -0.2) is 9.97 Å². The summed E-state index contributed by atoms with van der Waals surface area (Å²) in [6.07, 6.45) is 3.34. The van der Waals surface area contributed by atoms with E-state index in [4.69, 9.17) is 4.74 Å². The van der Waals surface area contributed by atoms with Crippen molar-refractivity contribution in [3.05, 3.63) is 78.0 Å². The van der Waals surface area contributed by atoms with Crippen molar-refractivity contribution >= 4 is 16.8 Å². The van der Waals surface area contributed by atoms with Gasteiger partial charge in [-0.15, -0.1) is 0 Å². The molecule has 0 saturated carbocycles. The van der Waals surface area contributed by atoms with Crippen LogP contribution in [0.5, 0.6) is 11.6 Å². The van der Waals surface area contributed by atoms with Crippen LogP contribution < -0.4 is 4.74 Å². The molecule has 0 aliphatic carbocycles. The Hall–Kier alpha value is -3.58. The molecule has 5 rings (SSSR count). The molecular formula is C25H25N5O2. The molecule has 0 bridgehead atoms. The first-order valence-electron chi connectivity index (χ1n) is 10.7. The molecule has 7 nitrogen and oxygen atoms in total. The Balaban J connectivity index is 1.31. The number of para-hydroxylation sites is 2. The third-order valence-electron chi connectivity index (χ3n) is 5.84. The van der Waals surface area contributed by atoms with Crippen molar-refractivity contribution in [3.63, 3.8) is 0 Å². The molecule has 1 fully saturated rings. The van der Waals surface area contributed by atoms with Crippen LogP contribution in [-0.4, -0.2) is 49.2 Å². The lowest BCUT2D eigenvalue weighted by Crippen LogP contribution is -2.54. The Morgan fingerprint density at radius 1 is 1.03 bits per heavy atom. The zero-order valence-electron chi connectivity index (χ0n) is 18.4. The molecule has 2 aromatic heterocycles. The molecule has 1 saturated heterocycles. The summed E-state index contributed by atoms with van der Waals surface area (Å²) < 4.78 is 6.05. The first kappa shape index (κ1) is 20.3. The highest BCUT2D eigenvalue weighted by Crippen LogP contribution is 2.36. The van der Waals surface area contributed by atoms with Gasteiger partial charge in [-0.2, -0.15) is 0 Å². The van der Waals surface area contributed by atoms with E-state index in [-0.39, 0.29) is 11.3 Å². The molecule has 7 heteroatoms. The van der Waals surface area contributed by atoms with E-state index in [2.05, 4.69) is 45.6 Å². The van der Waals surface area contributed by atoms with Crippen LogP contribution in [-0.2, 0) is 0 Å². The van der Waals surface area contributed by atoms with Crippen molar-refractivity contribution < 1.29 is 9.53 Å². The van der Waals surface area contributed by atoms with E-state index in [1.54, 1.807) is 36.7 Å². The Morgan fingerprint density at radius 3 is 2.47 bits per heavy atom. The second-order valence-corrected chi connectivity index (χ2v) is 9.08. The van der Waals surface area contributed by atoms with Crippen molar-refractivity contribution in [2.75, 3.05) is 13.1 Å². The van der Waals surface area contributed by atoms with Gasteiger partial charge in [-0.3, -0.25) is 14.7 Å². The van der Waals surface area contributed by atoms with Crippen LogP contribution in [0.1, 0.15) is 48.6 Å². The zero-order chi connectivity index (χ0) is 22.3. The molecule has 162 valence electrons. The molecule has 0 amide bonds. The lowest BCUT2D eigenvalue weighted by molar-refractivity contribution is 0.0446. The van der Waals surface area contributed by atoms with E-state index < -0.39 is 0 Å². The molecule has 3 heterocycles. The van der Waals surface area contributed by atoms with Crippen molar-refractivity contribution in [1.29, 1.82) is 0 Å². The number of nitrogens with zero attached hydrogens (tertiary/aromatic N) is 4. The third-order valence-corrected chi connectivity index (χ3v) is 5.84. The van der Waals surface area contributed by atoms with Crippen molar-refractivity contribution in [1.82, 2.24) is 24.8 Å². The smallest absolute Gasteiger partial charge is 0.241 e. The molecule has 1 aliphatic rings. The summed E-state index contributed by atoms with van der Waals surface area (Å²) >= 11 is 0. The topological polar surface area (TPSA) is 84.0 Å². The van der Waals surface area contributed by atoms with Gasteiger partial charge in [0.05, 0.1) is 11.0 Å². The summed E-state index contributed by atoms with van der Waals surface area (Å²) in [5.41, 5.74) is 3.16. The van der Waals surface area contributed by atoms with E-state index in [9.17, 15) is 4.79 Å². The fourth-order valence-electron chi connectivity index (χ4n) is 3.88. The Bertz CT molecular complexity index is 1230. The molecule has 0 radical (unpaired) electrons. The van der Waals surface area contributed by atoms with Crippen LogP contribution in [0.3, 0.4) is 0 Å². The minimum Gasteiger partial charge on any atom is -0.437 e. The monoisotopic (exact) mass is 427 g/mol. The number of likely N-dealkylation sites (tertiary alicyclic amines) is 1. The van der Waals surface area contributed by atoms with Crippen LogP contribution in [0.2, 0.25) is 0 Å². The number of hydrogen-bond acceptors (Lipinski definition) is 6. The summed E-state index contributed by atoms with van der Waals surface area (Å²) in [5.74, 6) is 1.59. The molecule has 0 unspecified atom stereocenters. The molecule has 2 aromatic carbocycles. The number of imidazole rings is 1. The number of benzene rings is 2. The largest absolute Gasteiger partial charge is 0.437 e. The van der Waals surface area contributed by atoms with Crippen molar-refractivity contribution in [2.45, 2.75) is 32.2 Å². The normalized spacial score (nSPS) is 15.0. The van der Waals surface area contributed by atoms with Gasteiger partial charge < -0.3 is 9.72 Å². The number of hydrogen-bond donors (Lipinski definition) is 1. The van der Waals surface area contributed by atoms with Crippen LogP contribution in [0.4, 0.5) is 0 Å². The molecule has 32 heavy (non-hydrogen) atoms. The molecule has 4 aromatic rings. The SMILES string of the molecule is CC(C)(C)N1CC(c2nccnc2Oc2ccc(C(=O)c3nc4ccccc4[nH]3)cc2)C1. The second-order valence-electron chi connectivity index (χ2n) is 9.08. The fourth-order valence-corrected chi connectivity index (χ4v) is 3.88. The highest BCUT2D eigenvalue weighted by Gasteiger charge is 2.37. The molecule has 1 aliphatic heterocycles. The van der Waals surface area contributed by atoms with Crippen molar-refractivity contribution in [3.8, 4) is 11.6 Å². The fraction of sp³-hybridized carbons (Fsp3) is 0.280. The first-order valence-corrected chi connectivity index (χ1v) is 10.7. The number of H-pyrrole nitrogens is 1. The van der Waals surface area contributed by atoms with Crippen LogP contribution >= 0.6 is 0 Å². The van der Waals surface area contributed by atoms with E-state index in [1.807, 2.05) is 24.3 Å². The predicted octanol–water partition coefficient (Wildman–Crippen LogP) is 4.57. The average Bonchev–Trinajstić information content (AvgIpc) is 3.17. The van der Waals surface area contributed by atoms with Crippen LogP contribution in [0, 0.1) is 0 Å². The van der Waals surface area contributed by atoms with Gasteiger partial charge in [0.25, 0.3) is 0 Å². The van der Waals surface area contributed by atoms with Gasteiger partial charge in [0.2, 0.25) is 11.7 Å². The predicted molar refractivity (Wildman–Crippen MR) is 122 cm³/mol. The lowest BCUT2D eigenvalue weighted by Gasteiger charge is -2.47. The van der Waals surface area contributed by atoms with Gasteiger partial charge >= 0.3 is 0 Å².